The molecule has 1 N–H and O–H groups in total. The molecule has 2 heterocycles. The number of rotatable bonds is 2. The second kappa shape index (κ2) is 3.20. The third-order valence-corrected chi connectivity index (χ3v) is 2.33. The van der Waals surface area contributed by atoms with Crippen molar-refractivity contribution in [1.82, 2.24) is 4.98 Å². The summed E-state index contributed by atoms with van der Waals surface area (Å²) in [5.74, 6) is 0. The van der Waals surface area contributed by atoms with E-state index in [0.29, 0.717) is 13.2 Å². The van der Waals surface area contributed by atoms with Crippen LogP contribution in [0.5, 0.6) is 0 Å². The van der Waals surface area contributed by atoms with Gasteiger partial charge in [0.1, 0.15) is 0 Å². The molecule has 0 radical (unpaired) electrons. The standard InChI is InChI=1S/C7H9N3OS/c1-5-4-12-7(8-5)10-9-6-2-11-3-6/h4H,2-3H2,1H3,(H,8,10). The fourth-order valence-corrected chi connectivity index (χ4v) is 1.42. The van der Waals surface area contributed by atoms with E-state index in [4.69, 9.17) is 4.74 Å². The van der Waals surface area contributed by atoms with Crippen molar-refractivity contribution in [2.24, 2.45) is 5.10 Å². The summed E-state index contributed by atoms with van der Waals surface area (Å²) in [6, 6.07) is 0. The Balaban J connectivity index is 1.95. The average Bonchev–Trinajstić information content (AvgIpc) is 2.32. The first kappa shape index (κ1) is 7.70. The van der Waals surface area contributed by atoms with Crippen LogP contribution in [0.3, 0.4) is 0 Å². The van der Waals surface area contributed by atoms with Crippen LogP contribution in [-0.2, 0) is 4.74 Å². The number of aromatic nitrogens is 1. The SMILES string of the molecule is Cc1csc(NN=C2COC2)n1. The molecule has 0 aromatic carbocycles. The van der Waals surface area contributed by atoms with Gasteiger partial charge in [0, 0.05) is 5.38 Å². The predicted octanol–water partition coefficient (Wildman–Crippen LogP) is 1.25. The lowest BCUT2D eigenvalue weighted by Gasteiger charge is -2.14. The lowest BCUT2D eigenvalue weighted by Crippen LogP contribution is -2.28. The van der Waals surface area contributed by atoms with Gasteiger partial charge < -0.3 is 4.74 Å². The van der Waals surface area contributed by atoms with Gasteiger partial charge in [0.2, 0.25) is 5.13 Å². The molecule has 64 valence electrons. The third kappa shape index (κ3) is 1.62. The fourth-order valence-electron chi connectivity index (χ4n) is 0.790. The summed E-state index contributed by atoms with van der Waals surface area (Å²) in [7, 11) is 0. The van der Waals surface area contributed by atoms with Gasteiger partial charge in [-0.1, -0.05) is 0 Å². The highest BCUT2D eigenvalue weighted by Crippen LogP contribution is 2.14. The number of thiazole rings is 1. The summed E-state index contributed by atoms with van der Waals surface area (Å²) in [4.78, 5) is 4.20. The number of hydrazone groups is 1. The van der Waals surface area contributed by atoms with Gasteiger partial charge >= 0.3 is 0 Å². The molecule has 1 saturated heterocycles. The number of hydrogen-bond acceptors (Lipinski definition) is 5. The minimum absolute atomic E-state index is 0.650. The number of nitrogens with one attached hydrogen (secondary N) is 1. The molecule has 0 saturated carbocycles. The van der Waals surface area contributed by atoms with Gasteiger partial charge in [-0.25, -0.2) is 4.98 Å². The number of nitrogens with zero attached hydrogens (tertiary/aromatic N) is 2. The first-order valence-electron chi connectivity index (χ1n) is 3.66. The van der Waals surface area contributed by atoms with Crippen LogP contribution < -0.4 is 5.43 Å². The van der Waals surface area contributed by atoms with Crippen LogP contribution in [0.25, 0.3) is 0 Å². The highest BCUT2D eigenvalue weighted by Gasteiger charge is 2.10. The summed E-state index contributed by atoms with van der Waals surface area (Å²) in [6.45, 7) is 3.26. The van der Waals surface area contributed by atoms with Gasteiger partial charge in [-0.05, 0) is 6.92 Å². The summed E-state index contributed by atoms with van der Waals surface area (Å²) in [5, 5.41) is 6.93. The maximum atomic E-state index is 4.94. The third-order valence-electron chi connectivity index (χ3n) is 1.47. The van der Waals surface area contributed by atoms with E-state index >= 15 is 0 Å². The molecule has 0 spiro atoms. The second-order valence-electron chi connectivity index (χ2n) is 2.58. The summed E-state index contributed by atoms with van der Waals surface area (Å²) in [5.41, 5.74) is 4.95. The molecule has 0 atom stereocenters. The van der Waals surface area contributed by atoms with E-state index in [1.807, 2.05) is 12.3 Å². The molecule has 0 aliphatic carbocycles. The highest BCUT2D eigenvalue weighted by atomic mass is 32.1. The quantitative estimate of drug-likeness (QED) is 0.702. The molecule has 2 rings (SSSR count). The van der Waals surface area contributed by atoms with Crippen molar-refractivity contribution in [2.45, 2.75) is 6.92 Å². The largest absolute Gasteiger partial charge is 0.369 e. The van der Waals surface area contributed by atoms with E-state index in [0.717, 1.165) is 16.5 Å². The van der Waals surface area contributed by atoms with Crippen LogP contribution in [0.1, 0.15) is 5.69 Å². The molecule has 1 fully saturated rings. The monoisotopic (exact) mass is 183 g/mol. The highest BCUT2D eigenvalue weighted by molar-refractivity contribution is 7.13. The van der Waals surface area contributed by atoms with Gasteiger partial charge in [0.05, 0.1) is 24.6 Å². The zero-order valence-corrected chi connectivity index (χ0v) is 7.52. The lowest BCUT2D eigenvalue weighted by atomic mass is 10.3. The second-order valence-corrected chi connectivity index (χ2v) is 3.43. The van der Waals surface area contributed by atoms with E-state index in [2.05, 4.69) is 15.5 Å². The molecule has 0 bridgehead atoms. The topological polar surface area (TPSA) is 46.5 Å². The summed E-state index contributed by atoms with van der Waals surface area (Å²) in [6.07, 6.45) is 0. The first-order chi connectivity index (χ1) is 5.84. The Morgan fingerprint density at radius 3 is 3.00 bits per heavy atom. The van der Waals surface area contributed by atoms with Crippen molar-refractivity contribution in [3.05, 3.63) is 11.1 Å². The van der Waals surface area contributed by atoms with E-state index in [1.165, 1.54) is 0 Å². The normalized spacial score (nSPS) is 15.6. The zero-order chi connectivity index (χ0) is 8.39. The van der Waals surface area contributed by atoms with Crippen LogP contribution in [0, 0.1) is 6.92 Å². The number of ether oxygens (including phenoxy) is 1. The first-order valence-corrected chi connectivity index (χ1v) is 4.54. The van der Waals surface area contributed by atoms with Crippen LogP contribution in [0.15, 0.2) is 10.5 Å². The van der Waals surface area contributed by atoms with Crippen LogP contribution in [0.4, 0.5) is 5.13 Å². The molecular formula is C7H9N3OS. The summed E-state index contributed by atoms with van der Waals surface area (Å²) >= 11 is 1.56. The van der Waals surface area contributed by atoms with Crippen molar-refractivity contribution < 1.29 is 4.74 Å². The van der Waals surface area contributed by atoms with Gasteiger partial charge in [-0.2, -0.15) is 5.10 Å². The molecular weight excluding hydrogens is 174 g/mol. The molecule has 5 heteroatoms. The minimum atomic E-state index is 0.650. The molecule has 4 nitrogen and oxygen atoms in total. The number of aryl methyl sites for hydroxylation is 1. The van der Waals surface area contributed by atoms with Gasteiger partial charge in [0.15, 0.2) is 0 Å². The summed E-state index contributed by atoms with van der Waals surface area (Å²) < 4.78 is 4.94. The molecule has 1 aromatic heterocycles. The molecule has 1 aliphatic heterocycles. The minimum Gasteiger partial charge on any atom is -0.369 e. The van der Waals surface area contributed by atoms with Crippen molar-refractivity contribution in [2.75, 3.05) is 18.6 Å². The van der Waals surface area contributed by atoms with Crippen molar-refractivity contribution >= 4 is 22.2 Å². The zero-order valence-electron chi connectivity index (χ0n) is 6.70. The maximum absolute atomic E-state index is 4.94. The van der Waals surface area contributed by atoms with Crippen LogP contribution in [-0.4, -0.2) is 23.9 Å². The number of anilines is 1. The Kier molecular flexibility index (Phi) is 2.05. The Morgan fingerprint density at radius 2 is 2.50 bits per heavy atom. The molecule has 1 aromatic rings. The Bertz CT molecular complexity index is 301. The van der Waals surface area contributed by atoms with Crippen molar-refractivity contribution in [1.29, 1.82) is 0 Å². The Labute approximate surface area is 74.3 Å². The van der Waals surface area contributed by atoms with E-state index in [-0.39, 0.29) is 0 Å². The average molecular weight is 183 g/mol. The molecule has 1 aliphatic rings. The van der Waals surface area contributed by atoms with E-state index in [9.17, 15) is 0 Å². The Hall–Kier alpha value is -0.940. The van der Waals surface area contributed by atoms with Gasteiger partial charge in [-0.3, -0.25) is 5.43 Å². The smallest absolute Gasteiger partial charge is 0.203 e. The van der Waals surface area contributed by atoms with E-state index < -0.39 is 0 Å². The van der Waals surface area contributed by atoms with Gasteiger partial charge in [0.25, 0.3) is 0 Å². The van der Waals surface area contributed by atoms with Crippen molar-refractivity contribution in [3.8, 4) is 0 Å². The van der Waals surface area contributed by atoms with E-state index in [1.54, 1.807) is 11.3 Å². The fraction of sp³-hybridized carbons (Fsp3) is 0.429. The molecule has 0 unspecified atom stereocenters. The molecule has 0 amide bonds. The van der Waals surface area contributed by atoms with Gasteiger partial charge in [-0.15, -0.1) is 11.3 Å². The lowest BCUT2D eigenvalue weighted by molar-refractivity contribution is 0.159. The number of hydrogen-bond donors (Lipinski definition) is 1. The maximum Gasteiger partial charge on any atom is 0.203 e. The Morgan fingerprint density at radius 1 is 1.67 bits per heavy atom. The molecule has 12 heavy (non-hydrogen) atoms. The van der Waals surface area contributed by atoms with Crippen LogP contribution >= 0.6 is 11.3 Å². The van der Waals surface area contributed by atoms with Crippen LogP contribution in [0.2, 0.25) is 0 Å². The predicted molar refractivity (Wildman–Crippen MR) is 48.7 cm³/mol. The van der Waals surface area contributed by atoms with Crippen molar-refractivity contribution in [3.63, 3.8) is 0 Å².